The van der Waals surface area contributed by atoms with E-state index < -0.39 is 10.5 Å². The lowest BCUT2D eigenvalue weighted by Gasteiger charge is -2.37. The van der Waals surface area contributed by atoms with Gasteiger partial charge in [0.1, 0.15) is 11.9 Å². The van der Waals surface area contributed by atoms with Crippen molar-refractivity contribution in [1.82, 2.24) is 19.7 Å². The molecule has 7 nitrogen and oxygen atoms in total. The number of halogens is 1. The number of alkyl halides is 1. The fourth-order valence-electron chi connectivity index (χ4n) is 5.45. The Balaban J connectivity index is 1.36. The number of aromatic nitrogens is 3. The molecule has 2 aromatic rings. The molecule has 5 rings (SSSR count). The van der Waals surface area contributed by atoms with E-state index >= 15 is 0 Å². The third kappa shape index (κ3) is 4.96. The molecule has 1 aromatic heterocycles. The second kappa shape index (κ2) is 9.15. The number of nitrogens with zero attached hydrogens (tertiary/aromatic N) is 4. The van der Waals surface area contributed by atoms with Crippen molar-refractivity contribution in [2.45, 2.75) is 108 Å². The first-order valence-electron chi connectivity index (χ1n) is 12.6. The predicted molar refractivity (Wildman–Crippen MR) is 130 cm³/mol. The average molecular weight is 487 g/mol. The van der Waals surface area contributed by atoms with Gasteiger partial charge in [-0.1, -0.05) is 25.0 Å². The van der Waals surface area contributed by atoms with Crippen LogP contribution in [-0.4, -0.2) is 43.6 Å². The van der Waals surface area contributed by atoms with E-state index in [4.69, 9.17) is 21.1 Å². The molecule has 0 unspecified atom stereocenters. The first-order chi connectivity index (χ1) is 16.2. The lowest BCUT2D eigenvalue weighted by atomic mass is 9.81. The number of benzene rings is 1. The molecule has 184 valence electrons. The van der Waals surface area contributed by atoms with Crippen molar-refractivity contribution in [2.75, 3.05) is 0 Å². The van der Waals surface area contributed by atoms with Gasteiger partial charge in [0.25, 0.3) is 0 Å². The van der Waals surface area contributed by atoms with Crippen molar-refractivity contribution in [3.63, 3.8) is 0 Å². The second-order valence-corrected chi connectivity index (χ2v) is 11.7. The summed E-state index contributed by atoms with van der Waals surface area (Å²) in [6.45, 7) is 6.40. The Labute approximate surface area is 206 Å². The van der Waals surface area contributed by atoms with Gasteiger partial charge in [0.05, 0.1) is 35.9 Å². The van der Waals surface area contributed by atoms with Gasteiger partial charge in [-0.15, -0.1) is 21.8 Å². The number of hydrogen-bond donors (Lipinski definition) is 0. The van der Waals surface area contributed by atoms with E-state index in [0.717, 1.165) is 42.5 Å². The molecule has 2 aliphatic carbocycles. The SMILES string of the molecule is CC(C)(C)OC(=O)N1Cc2cc(C3(Cl)CCC(OC4CCCC4)CC3)ccc2-n2cnnc2C1. The molecule has 34 heavy (non-hydrogen) atoms. The van der Waals surface area contributed by atoms with Crippen molar-refractivity contribution in [3.8, 4) is 5.69 Å². The molecule has 2 saturated carbocycles. The van der Waals surface area contributed by atoms with Gasteiger partial charge in [-0.25, -0.2) is 4.79 Å². The van der Waals surface area contributed by atoms with Crippen molar-refractivity contribution in [1.29, 1.82) is 0 Å². The van der Waals surface area contributed by atoms with Crippen LogP contribution in [0.1, 0.15) is 89.1 Å². The zero-order valence-corrected chi connectivity index (χ0v) is 21.2. The summed E-state index contributed by atoms with van der Waals surface area (Å²) in [4.78, 5) is 14.2. The van der Waals surface area contributed by atoms with Crippen molar-refractivity contribution in [2.24, 2.45) is 0 Å². The highest BCUT2D eigenvalue weighted by molar-refractivity contribution is 6.24. The maximum absolute atomic E-state index is 12.9. The van der Waals surface area contributed by atoms with Gasteiger partial charge in [0.2, 0.25) is 0 Å². The Morgan fingerprint density at radius 3 is 2.50 bits per heavy atom. The smallest absolute Gasteiger partial charge is 0.411 e. The van der Waals surface area contributed by atoms with Crippen LogP contribution in [0.2, 0.25) is 0 Å². The van der Waals surface area contributed by atoms with Gasteiger partial charge < -0.3 is 9.47 Å². The Morgan fingerprint density at radius 1 is 1.09 bits per heavy atom. The molecule has 0 radical (unpaired) electrons. The molecular formula is C26H35ClN4O3. The van der Waals surface area contributed by atoms with Crippen LogP contribution in [0.4, 0.5) is 4.79 Å². The highest BCUT2D eigenvalue weighted by atomic mass is 35.5. The number of rotatable bonds is 3. The summed E-state index contributed by atoms with van der Waals surface area (Å²) in [5, 5.41) is 8.33. The van der Waals surface area contributed by atoms with E-state index in [1.54, 1.807) is 11.2 Å². The molecule has 0 bridgehead atoms. The Hall–Kier alpha value is -2.12. The predicted octanol–water partition coefficient (Wildman–Crippen LogP) is 5.85. The summed E-state index contributed by atoms with van der Waals surface area (Å²) in [7, 11) is 0. The number of fused-ring (bicyclic) bond motifs is 3. The van der Waals surface area contributed by atoms with Gasteiger partial charge in [0.15, 0.2) is 5.82 Å². The van der Waals surface area contributed by atoms with Crippen LogP contribution in [0, 0.1) is 0 Å². The van der Waals surface area contributed by atoms with Crippen LogP contribution in [0.3, 0.4) is 0 Å². The number of ether oxygens (including phenoxy) is 2. The van der Waals surface area contributed by atoms with Gasteiger partial charge >= 0.3 is 6.09 Å². The van der Waals surface area contributed by atoms with E-state index in [0.29, 0.717) is 31.1 Å². The van der Waals surface area contributed by atoms with Gasteiger partial charge in [-0.2, -0.15) is 0 Å². The van der Waals surface area contributed by atoms with E-state index in [1.165, 1.54) is 25.7 Å². The summed E-state index contributed by atoms with van der Waals surface area (Å²) in [6.07, 6.45) is 10.8. The summed E-state index contributed by atoms with van der Waals surface area (Å²) in [6, 6.07) is 6.37. The summed E-state index contributed by atoms with van der Waals surface area (Å²) < 4.78 is 14.0. The van der Waals surface area contributed by atoms with Gasteiger partial charge in [-0.05, 0) is 76.5 Å². The lowest BCUT2D eigenvalue weighted by Crippen LogP contribution is -2.36. The molecule has 2 heterocycles. The lowest BCUT2D eigenvalue weighted by molar-refractivity contribution is -0.0309. The first-order valence-corrected chi connectivity index (χ1v) is 12.9. The fourth-order valence-corrected chi connectivity index (χ4v) is 5.79. The normalized spacial score (nSPS) is 25.5. The average Bonchev–Trinajstić information content (AvgIpc) is 3.43. The highest BCUT2D eigenvalue weighted by Gasteiger charge is 2.37. The fraction of sp³-hybridized carbons (Fsp3) is 0.654. The third-order valence-corrected chi connectivity index (χ3v) is 7.83. The maximum atomic E-state index is 12.9. The van der Waals surface area contributed by atoms with Crippen LogP contribution >= 0.6 is 11.6 Å². The molecule has 2 fully saturated rings. The molecule has 0 atom stereocenters. The van der Waals surface area contributed by atoms with Crippen molar-refractivity contribution < 1.29 is 14.3 Å². The molecule has 0 spiro atoms. The van der Waals surface area contributed by atoms with Gasteiger partial charge in [-0.3, -0.25) is 9.47 Å². The quantitative estimate of drug-likeness (QED) is 0.508. The van der Waals surface area contributed by atoms with Gasteiger partial charge in [0, 0.05) is 0 Å². The zero-order valence-electron chi connectivity index (χ0n) is 20.4. The monoisotopic (exact) mass is 486 g/mol. The second-order valence-electron chi connectivity index (χ2n) is 11.0. The standard InChI is InChI=1S/C26H35ClN4O3/c1-25(2,3)34-24(32)30-15-18-14-19(8-9-22(18)31-17-28-29-23(31)16-30)26(27)12-10-21(11-13-26)33-20-6-4-5-7-20/h8-9,14,17,20-21H,4-7,10-13,15-16H2,1-3H3. The van der Waals surface area contributed by atoms with E-state index in [-0.39, 0.29) is 6.09 Å². The minimum Gasteiger partial charge on any atom is -0.444 e. The van der Waals surface area contributed by atoms with Crippen LogP contribution in [0.5, 0.6) is 0 Å². The summed E-state index contributed by atoms with van der Waals surface area (Å²) >= 11 is 7.24. The molecule has 1 amide bonds. The van der Waals surface area contributed by atoms with E-state index in [1.807, 2.05) is 25.3 Å². The minimum absolute atomic E-state index is 0.318. The van der Waals surface area contributed by atoms with E-state index in [9.17, 15) is 4.79 Å². The molecule has 1 aromatic carbocycles. The molecule has 8 heteroatoms. The van der Waals surface area contributed by atoms with Crippen LogP contribution < -0.4 is 0 Å². The largest absolute Gasteiger partial charge is 0.444 e. The topological polar surface area (TPSA) is 69.5 Å². The highest BCUT2D eigenvalue weighted by Crippen LogP contribution is 2.45. The van der Waals surface area contributed by atoms with E-state index in [2.05, 4.69) is 28.4 Å². The Kier molecular flexibility index (Phi) is 6.36. The minimum atomic E-state index is -0.568. The van der Waals surface area contributed by atoms with Crippen LogP contribution in [-0.2, 0) is 27.4 Å². The van der Waals surface area contributed by atoms with Crippen LogP contribution in [0.15, 0.2) is 24.5 Å². The maximum Gasteiger partial charge on any atom is 0.411 e. The summed E-state index contributed by atoms with van der Waals surface area (Å²) in [5.41, 5.74) is 2.54. The molecule has 0 N–H and O–H groups in total. The summed E-state index contributed by atoms with van der Waals surface area (Å²) in [5.74, 6) is 0.711. The first kappa shape index (κ1) is 23.6. The number of carbonyl (C=O) groups is 1. The molecule has 1 aliphatic heterocycles. The molecule has 0 saturated heterocycles. The van der Waals surface area contributed by atoms with Crippen molar-refractivity contribution in [3.05, 3.63) is 41.5 Å². The Morgan fingerprint density at radius 2 is 1.79 bits per heavy atom. The van der Waals surface area contributed by atoms with Crippen molar-refractivity contribution >= 4 is 17.7 Å². The third-order valence-electron chi connectivity index (χ3n) is 7.23. The number of amides is 1. The zero-order chi connectivity index (χ0) is 23.9. The molecular weight excluding hydrogens is 452 g/mol. The molecule has 3 aliphatic rings. The number of carbonyl (C=O) groups excluding carboxylic acids is 1. The Bertz CT molecular complexity index is 1030. The number of hydrogen-bond acceptors (Lipinski definition) is 5. The van der Waals surface area contributed by atoms with Crippen LogP contribution in [0.25, 0.3) is 5.69 Å².